The van der Waals surface area contributed by atoms with Gasteiger partial charge in [-0.25, -0.2) is 4.79 Å². The molecule has 2 aromatic carbocycles. The number of ether oxygens (including phenoxy) is 1. The van der Waals surface area contributed by atoms with Gasteiger partial charge in [0.25, 0.3) is 0 Å². The lowest BCUT2D eigenvalue weighted by molar-refractivity contribution is -0.136. The second-order valence-electron chi connectivity index (χ2n) is 3.78. The largest absolute Gasteiger partial charge is 0.466 e. The number of methoxy groups -OCH3 is 1. The number of fused-ring (bicyclic) bond motifs is 1. The van der Waals surface area contributed by atoms with Crippen molar-refractivity contribution < 1.29 is 9.53 Å². The van der Waals surface area contributed by atoms with Crippen LogP contribution in [-0.2, 0) is 9.53 Å². The zero-order chi connectivity index (χ0) is 13.7. The van der Waals surface area contributed by atoms with Crippen molar-refractivity contribution in [3.05, 3.63) is 64.2 Å². The molecule has 2 rings (SSSR count). The van der Waals surface area contributed by atoms with Crippen molar-refractivity contribution in [1.82, 2.24) is 0 Å². The number of azide groups is 1. The molecule has 5 nitrogen and oxygen atoms in total. The molecule has 0 spiro atoms. The van der Waals surface area contributed by atoms with Gasteiger partial charge in [0.15, 0.2) is 0 Å². The van der Waals surface area contributed by atoms with Crippen LogP contribution in [0.15, 0.2) is 53.3 Å². The summed E-state index contributed by atoms with van der Waals surface area (Å²) in [5.74, 6) is -0.661. The first-order valence-electron chi connectivity index (χ1n) is 5.59. The molecule has 0 heterocycles. The summed E-state index contributed by atoms with van der Waals surface area (Å²) in [6.07, 6.45) is 1.52. The normalized spacial score (nSPS) is 10.9. The minimum Gasteiger partial charge on any atom is -0.466 e. The number of carbonyl (C=O) groups excluding carboxylic acids is 1. The monoisotopic (exact) mass is 253 g/mol. The van der Waals surface area contributed by atoms with Crippen LogP contribution in [0.25, 0.3) is 27.3 Å². The van der Waals surface area contributed by atoms with Crippen LogP contribution in [0.1, 0.15) is 5.56 Å². The predicted octanol–water partition coefficient (Wildman–Crippen LogP) is 3.66. The van der Waals surface area contributed by atoms with E-state index in [2.05, 4.69) is 14.8 Å². The van der Waals surface area contributed by atoms with Crippen LogP contribution in [0.3, 0.4) is 0 Å². The molecule has 0 aliphatic heterocycles. The molecule has 0 aromatic heterocycles. The Bertz CT molecular complexity index is 695. The van der Waals surface area contributed by atoms with Crippen molar-refractivity contribution in [3.63, 3.8) is 0 Å². The molecule has 0 fully saturated rings. The molecule has 0 atom stereocenters. The lowest BCUT2D eigenvalue weighted by Crippen LogP contribution is -2.01. The maximum absolute atomic E-state index is 11.5. The van der Waals surface area contributed by atoms with E-state index in [1.807, 2.05) is 42.5 Å². The van der Waals surface area contributed by atoms with E-state index in [1.54, 1.807) is 0 Å². The van der Waals surface area contributed by atoms with Gasteiger partial charge in [-0.1, -0.05) is 47.6 Å². The third-order valence-electron chi connectivity index (χ3n) is 2.66. The van der Waals surface area contributed by atoms with Gasteiger partial charge < -0.3 is 4.74 Å². The van der Waals surface area contributed by atoms with Crippen molar-refractivity contribution in [2.24, 2.45) is 5.11 Å². The Hall–Kier alpha value is -2.78. The van der Waals surface area contributed by atoms with Crippen molar-refractivity contribution >= 4 is 22.8 Å². The Labute approximate surface area is 109 Å². The number of nitrogens with zero attached hydrogens (tertiary/aromatic N) is 3. The summed E-state index contributed by atoms with van der Waals surface area (Å²) < 4.78 is 4.58. The quantitative estimate of drug-likeness (QED) is 0.275. The number of hydrogen-bond donors (Lipinski definition) is 0. The van der Waals surface area contributed by atoms with Gasteiger partial charge in [-0.15, -0.1) is 0 Å². The first-order valence-corrected chi connectivity index (χ1v) is 5.59. The van der Waals surface area contributed by atoms with E-state index in [0.717, 1.165) is 16.3 Å². The third kappa shape index (κ3) is 2.73. The van der Waals surface area contributed by atoms with Crippen molar-refractivity contribution in [1.29, 1.82) is 0 Å². The molecular formula is C14H11N3O2. The van der Waals surface area contributed by atoms with Gasteiger partial charge in [-0.3, -0.25) is 0 Å². The second kappa shape index (κ2) is 5.71. The molecule has 5 heteroatoms. The summed E-state index contributed by atoms with van der Waals surface area (Å²) in [7, 11) is 1.24. The summed E-state index contributed by atoms with van der Waals surface area (Å²) in [5.41, 5.74) is 9.21. The Balaban J connectivity index is 2.60. The molecule has 94 valence electrons. The van der Waals surface area contributed by atoms with Gasteiger partial charge in [0.1, 0.15) is 5.70 Å². The molecule has 0 radical (unpaired) electrons. The highest BCUT2D eigenvalue weighted by molar-refractivity contribution is 5.98. The van der Waals surface area contributed by atoms with E-state index in [9.17, 15) is 4.79 Å². The maximum atomic E-state index is 11.5. The van der Waals surface area contributed by atoms with Gasteiger partial charge >= 0.3 is 5.97 Å². The van der Waals surface area contributed by atoms with E-state index >= 15 is 0 Å². The number of carbonyl (C=O) groups is 1. The Morgan fingerprint density at radius 1 is 1.26 bits per heavy atom. The van der Waals surface area contributed by atoms with Crippen LogP contribution >= 0.6 is 0 Å². The number of rotatable bonds is 3. The minimum atomic E-state index is -0.661. The smallest absolute Gasteiger partial charge is 0.340 e. The fourth-order valence-electron chi connectivity index (χ4n) is 1.80. The molecule has 0 bridgehead atoms. The first kappa shape index (κ1) is 12.7. The van der Waals surface area contributed by atoms with Crippen LogP contribution in [0, 0.1) is 0 Å². The molecule has 0 saturated heterocycles. The van der Waals surface area contributed by atoms with Gasteiger partial charge in [-0.2, -0.15) is 0 Å². The summed E-state index contributed by atoms with van der Waals surface area (Å²) in [5, 5.41) is 5.38. The van der Waals surface area contributed by atoms with Crippen LogP contribution in [0.2, 0.25) is 0 Å². The molecular weight excluding hydrogens is 242 g/mol. The zero-order valence-electron chi connectivity index (χ0n) is 10.3. The van der Waals surface area contributed by atoms with Crippen molar-refractivity contribution in [3.8, 4) is 0 Å². The second-order valence-corrected chi connectivity index (χ2v) is 3.78. The van der Waals surface area contributed by atoms with Crippen LogP contribution in [-0.4, -0.2) is 13.1 Å². The highest BCUT2D eigenvalue weighted by Crippen LogP contribution is 2.21. The SMILES string of the molecule is COC(=O)C(=Cc1cccc2ccccc12)N=[N+]=[N-]. The lowest BCUT2D eigenvalue weighted by Gasteiger charge is -2.03. The molecule has 0 unspecified atom stereocenters. The number of benzene rings is 2. The maximum Gasteiger partial charge on any atom is 0.340 e. The van der Waals surface area contributed by atoms with E-state index in [-0.39, 0.29) is 5.70 Å². The lowest BCUT2D eigenvalue weighted by atomic mass is 10.0. The summed E-state index contributed by atoms with van der Waals surface area (Å²) in [4.78, 5) is 14.1. The van der Waals surface area contributed by atoms with E-state index in [4.69, 9.17) is 5.53 Å². The molecule has 0 aliphatic rings. The zero-order valence-corrected chi connectivity index (χ0v) is 10.3. The van der Waals surface area contributed by atoms with Gasteiger partial charge in [0.05, 0.1) is 7.11 Å². The van der Waals surface area contributed by atoms with Gasteiger partial charge in [0, 0.05) is 4.91 Å². The van der Waals surface area contributed by atoms with Gasteiger partial charge in [0.2, 0.25) is 0 Å². The fraction of sp³-hybridized carbons (Fsp3) is 0.0714. The summed E-state index contributed by atoms with van der Waals surface area (Å²) in [6.45, 7) is 0. The number of hydrogen-bond acceptors (Lipinski definition) is 3. The molecule has 0 saturated carbocycles. The van der Waals surface area contributed by atoms with Gasteiger partial charge in [-0.05, 0) is 27.9 Å². The van der Waals surface area contributed by atoms with E-state index in [0.29, 0.717) is 0 Å². The number of esters is 1. The van der Waals surface area contributed by atoms with E-state index < -0.39 is 5.97 Å². The molecule has 0 N–H and O–H groups in total. The van der Waals surface area contributed by atoms with Crippen molar-refractivity contribution in [2.75, 3.05) is 7.11 Å². The predicted molar refractivity (Wildman–Crippen MR) is 73.1 cm³/mol. The Morgan fingerprint density at radius 3 is 2.74 bits per heavy atom. The summed E-state index contributed by atoms with van der Waals surface area (Å²) >= 11 is 0. The molecule has 0 amide bonds. The third-order valence-corrected chi connectivity index (χ3v) is 2.66. The highest BCUT2D eigenvalue weighted by atomic mass is 16.5. The first-order chi connectivity index (χ1) is 9.26. The highest BCUT2D eigenvalue weighted by Gasteiger charge is 2.08. The Kier molecular flexibility index (Phi) is 3.81. The van der Waals surface area contributed by atoms with Crippen LogP contribution in [0.4, 0.5) is 0 Å². The van der Waals surface area contributed by atoms with Crippen LogP contribution < -0.4 is 0 Å². The van der Waals surface area contributed by atoms with E-state index in [1.165, 1.54) is 13.2 Å². The summed E-state index contributed by atoms with van der Waals surface area (Å²) in [6, 6.07) is 13.4. The average molecular weight is 253 g/mol. The average Bonchev–Trinajstić information content (AvgIpc) is 2.46. The molecule has 0 aliphatic carbocycles. The Morgan fingerprint density at radius 2 is 2.00 bits per heavy atom. The molecule has 2 aromatic rings. The molecule has 19 heavy (non-hydrogen) atoms. The topological polar surface area (TPSA) is 75.1 Å². The van der Waals surface area contributed by atoms with Crippen molar-refractivity contribution in [2.45, 2.75) is 0 Å². The minimum absolute atomic E-state index is 0.0682. The standard InChI is InChI=1S/C14H11N3O2/c1-19-14(18)13(16-17-15)9-11-7-4-6-10-5-2-3-8-12(10)11/h2-9H,1H3. The van der Waals surface area contributed by atoms with Crippen LogP contribution in [0.5, 0.6) is 0 Å². The fourth-order valence-corrected chi connectivity index (χ4v) is 1.80.